The van der Waals surface area contributed by atoms with Crippen molar-refractivity contribution in [3.05, 3.63) is 0 Å². The summed E-state index contributed by atoms with van der Waals surface area (Å²) < 4.78 is 11.5. The molecule has 2 saturated heterocycles. The lowest BCUT2D eigenvalue weighted by atomic mass is 9.94. The van der Waals surface area contributed by atoms with Crippen molar-refractivity contribution in [2.24, 2.45) is 5.92 Å². The lowest BCUT2D eigenvalue weighted by molar-refractivity contribution is -0.148. The first-order valence-corrected chi connectivity index (χ1v) is 6.68. The normalized spacial score (nSPS) is 32.9. The van der Waals surface area contributed by atoms with Crippen LogP contribution in [0.2, 0.25) is 0 Å². The minimum atomic E-state index is 0.0693. The van der Waals surface area contributed by atoms with Gasteiger partial charge in [-0.2, -0.15) is 0 Å². The second-order valence-electron chi connectivity index (χ2n) is 5.16. The van der Waals surface area contributed by atoms with Gasteiger partial charge in [0, 0.05) is 25.7 Å². The number of ether oxygens (including phenoxy) is 2. The molecule has 1 amide bonds. The zero-order valence-electron chi connectivity index (χ0n) is 11.0. The largest absolute Gasteiger partial charge is 0.376 e. The first-order valence-electron chi connectivity index (χ1n) is 6.68. The third kappa shape index (κ3) is 2.47. The van der Waals surface area contributed by atoms with E-state index in [-0.39, 0.29) is 30.1 Å². The van der Waals surface area contributed by atoms with Crippen LogP contribution in [0.15, 0.2) is 0 Å². The van der Waals surface area contributed by atoms with E-state index >= 15 is 0 Å². The van der Waals surface area contributed by atoms with Crippen molar-refractivity contribution in [3.8, 4) is 0 Å². The number of hydrogen-bond acceptors (Lipinski definition) is 3. The molecule has 3 atom stereocenters. The summed E-state index contributed by atoms with van der Waals surface area (Å²) in [6.45, 7) is 8.21. The Bertz CT molecular complexity index is 280. The van der Waals surface area contributed by atoms with Gasteiger partial charge in [0.1, 0.15) is 6.10 Å². The van der Waals surface area contributed by atoms with Gasteiger partial charge in [-0.3, -0.25) is 4.79 Å². The number of amides is 1. The summed E-state index contributed by atoms with van der Waals surface area (Å²) >= 11 is 0. The van der Waals surface area contributed by atoms with Gasteiger partial charge in [-0.15, -0.1) is 0 Å². The molecule has 17 heavy (non-hydrogen) atoms. The molecule has 0 aromatic carbocycles. The van der Waals surface area contributed by atoms with E-state index in [0.29, 0.717) is 0 Å². The Hall–Kier alpha value is -0.610. The van der Waals surface area contributed by atoms with Crippen LogP contribution >= 0.6 is 0 Å². The van der Waals surface area contributed by atoms with E-state index in [1.807, 2.05) is 25.7 Å². The Labute approximate surface area is 103 Å². The standard InChI is InChI=1S/C13H23NO3/c1-4-16-11-5-7-14(13(15)9(2)3)10-6-8-17-12(10)11/h9-12H,4-8H2,1-3H3/t10-,11+,12-/m0/s1. The van der Waals surface area contributed by atoms with Crippen molar-refractivity contribution in [2.45, 2.75) is 51.9 Å². The maximum atomic E-state index is 12.1. The summed E-state index contributed by atoms with van der Waals surface area (Å²) in [4.78, 5) is 14.1. The van der Waals surface area contributed by atoms with Crippen molar-refractivity contribution in [3.63, 3.8) is 0 Å². The number of hydrogen-bond donors (Lipinski definition) is 0. The molecule has 2 fully saturated rings. The topological polar surface area (TPSA) is 38.8 Å². The fraction of sp³-hybridized carbons (Fsp3) is 0.923. The molecule has 0 N–H and O–H groups in total. The summed E-state index contributed by atoms with van der Waals surface area (Å²) in [5.41, 5.74) is 0. The Balaban J connectivity index is 2.06. The molecule has 0 radical (unpaired) electrons. The molecule has 2 aliphatic heterocycles. The van der Waals surface area contributed by atoms with Gasteiger partial charge in [-0.1, -0.05) is 13.8 Å². The highest BCUT2D eigenvalue weighted by Gasteiger charge is 2.44. The Morgan fingerprint density at radius 2 is 2.24 bits per heavy atom. The molecule has 4 heteroatoms. The molecule has 2 heterocycles. The number of nitrogens with zero attached hydrogens (tertiary/aromatic N) is 1. The third-order valence-corrected chi connectivity index (χ3v) is 3.68. The predicted molar refractivity (Wildman–Crippen MR) is 64.7 cm³/mol. The average Bonchev–Trinajstić information content (AvgIpc) is 2.78. The van der Waals surface area contributed by atoms with Crippen molar-refractivity contribution < 1.29 is 14.3 Å². The van der Waals surface area contributed by atoms with Crippen molar-refractivity contribution in [2.75, 3.05) is 19.8 Å². The van der Waals surface area contributed by atoms with Gasteiger partial charge in [0.25, 0.3) is 0 Å². The van der Waals surface area contributed by atoms with Crippen LogP contribution in [0.5, 0.6) is 0 Å². The molecular formula is C13H23NO3. The number of likely N-dealkylation sites (tertiary alicyclic amines) is 1. The van der Waals surface area contributed by atoms with Gasteiger partial charge < -0.3 is 14.4 Å². The number of fused-ring (bicyclic) bond motifs is 1. The summed E-state index contributed by atoms with van der Waals surface area (Å²) in [5.74, 6) is 0.320. The molecule has 98 valence electrons. The predicted octanol–water partition coefficient (Wildman–Crippen LogP) is 1.44. The van der Waals surface area contributed by atoms with Gasteiger partial charge in [-0.25, -0.2) is 0 Å². The van der Waals surface area contributed by atoms with Gasteiger partial charge in [0.05, 0.1) is 12.1 Å². The lowest BCUT2D eigenvalue weighted by Gasteiger charge is -2.41. The monoisotopic (exact) mass is 241 g/mol. The van der Waals surface area contributed by atoms with E-state index in [9.17, 15) is 4.79 Å². The molecule has 0 bridgehead atoms. The van der Waals surface area contributed by atoms with Gasteiger partial charge >= 0.3 is 0 Å². The molecule has 0 saturated carbocycles. The zero-order chi connectivity index (χ0) is 12.4. The van der Waals surface area contributed by atoms with E-state index in [1.165, 1.54) is 0 Å². The first kappa shape index (κ1) is 12.8. The maximum absolute atomic E-state index is 12.1. The summed E-state index contributed by atoms with van der Waals surface area (Å²) in [7, 11) is 0. The molecule has 0 aromatic heterocycles. The van der Waals surface area contributed by atoms with Crippen LogP contribution in [0.1, 0.15) is 33.6 Å². The highest BCUT2D eigenvalue weighted by Crippen LogP contribution is 2.31. The third-order valence-electron chi connectivity index (χ3n) is 3.68. The van der Waals surface area contributed by atoms with E-state index in [4.69, 9.17) is 9.47 Å². The summed E-state index contributed by atoms with van der Waals surface area (Å²) in [6, 6.07) is 0.232. The fourth-order valence-corrected chi connectivity index (χ4v) is 2.88. The minimum Gasteiger partial charge on any atom is -0.376 e. The highest BCUT2D eigenvalue weighted by molar-refractivity contribution is 5.78. The molecule has 0 spiro atoms. The highest BCUT2D eigenvalue weighted by atomic mass is 16.5. The molecule has 0 aliphatic carbocycles. The summed E-state index contributed by atoms with van der Waals surface area (Å²) in [6.07, 6.45) is 2.11. The first-order chi connectivity index (χ1) is 8.15. The Morgan fingerprint density at radius 1 is 1.47 bits per heavy atom. The van der Waals surface area contributed by atoms with Crippen molar-refractivity contribution in [1.82, 2.24) is 4.90 Å². The van der Waals surface area contributed by atoms with Crippen molar-refractivity contribution >= 4 is 5.91 Å². The lowest BCUT2D eigenvalue weighted by Crippen LogP contribution is -2.56. The number of carbonyl (C=O) groups is 1. The SMILES string of the molecule is CCO[C@@H]1CCN(C(=O)C(C)C)[C@H]2CCO[C@H]12. The van der Waals surface area contributed by atoms with Crippen LogP contribution in [0.25, 0.3) is 0 Å². The quantitative estimate of drug-likeness (QED) is 0.750. The van der Waals surface area contributed by atoms with Crippen LogP contribution in [0.3, 0.4) is 0 Å². The molecular weight excluding hydrogens is 218 g/mol. The number of carbonyl (C=O) groups excluding carboxylic acids is 1. The number of piperidine rings is 1. The molecule has 0 aromatic rings. The van der Waals surface area contributed by atoms with E-state index in [2.05, 4.69) is 0 Å². The van der Waals surface area contributed by atoms with Crippen LogP contribution in [-0.2, 0) is 14.3 Å². The maximum Gasteiger partial charge on any atom is 0.225 e. The fourth-order valence-electron chi connectivity index (χ4n) is 2.88. The van der Waals surface area contributed by atoms with Gasteiger partial charge in [-0.05, 0) is 19.8 Å². The van der Waals surface area contributed by atoms with Crippen molar-refractivity contribution in [1.29, 1.82) is 0 Å². The van der Waals surface area contributed by atoms with Crippen LogP contribution in [0.4, 0.5) is 0 Å². The van der Waals surface area contributed by atoms with E-state index in [1.54, 1.807) is 0 Å². The molecule has 4 nitrogen and oxygen atoms in total. The zero-order valence-corrected chi connectivity index (χ0v) is 11.0. The van der Waals surface area contributed by atoms with E-state index in [0.717, 1.165) is 32.6 Å². The smallest absolute Gasteiger partial charge is 0.225 e. The Kier molecular flexibility index (Phi) is 4.05. The van der Waals surface area contributed by atoms with Gasteiger partial charge in [0.2, 0.25) is 5.91 Å². The minimum absolute atomic E-state index is 0.0693. The average molecular weight is 241 g/mol. The second-order valence-corrected chi connectivity index (χ2v) is 5.16. The molecule has 0 unspecified atom stereocenters. The van der Waals surface area contributed by atoms with Gasteiger partial charge in [0.15, 0.2) is 0 Å². The van der Waals surface area contributed by atoms with Crippen LogP contribution in [0, 0.1) is 5.92 Å². The second kappa shape index (κ2) is 5.36. The Morgan fingerprint density at radius 3 is 2.88 bits per heavy atom. The molecule has 2 aliphatic rings. The number of rotatable bonds is 3. The molecule has 2 rings (SSSR count). The summed E-state index contributed by atoms with van der Waals surface area (Å²) in [5, 5.41) is 0. The van der Waals surface area contributed by atoms with Crippen LogP contribution < -0.4 is 0 Å². The van der Waals surface area contributed by atoms with Crippen LogP contribution in [-0.4, -0.2) is 48.8 Å². The van der Waals surface area contributed by atoms with E-state index < -0.39 is 0 Å².